The minimum atomic E-state index is -2.52. The van der Waals surface area contributed by atoms with E-state index in [0.717, 1.165) is 105 Å². The number of hydrogen-bond donors (Lipinski definition) is 24. The predicted molar refractivity (Wildman–Crippen MR) is 491 cm³/mol. The van der Waals surface area contributed by atoms with Crippen molar-refractivity contribution in [2.24, 2.45) is 11.7 Å². The van der Waals surface area contributed by atoms with Crippen molar-refractivity contribution in [1.29, 1.82) is 0 Å². The number of benzene rings is 7. The van der Waals surface area contributed by atoms with Crippen LogP contribution in [0.3, 0.4) is 0 Å². The molecule has 25 N–H and O–H groups in total. The van der Waals surface area contributed by atoms with E-state index in [1.165, 1.54) is 36.4 Å². The van der Waals surface area contributed by atoms with E-state index in [0.29, 0.717) is 38.4 Å². The molecule has 9 amide bonds. The third kappa shape index (κ3) is 23.4. The quantitative estimate of drug-likeness (QED) is 0.0363. The molecule has 23 atom stereocenters. The fourth-order valence-electron chi connectivity index (χ4n) is 17.6. The monoisotopic (exact) mass is 1990 g/mol. The second-order valence-electron chi connectivity index (χ2n) is 35.5. The van der Waals surface area contributed by atoms with E-state index in [1.54, 1.807) is 0 Å². The number of halogens is 2. The van der Waals surface area contributed by atoms with Gasteiger partial charge in [0.1, 0.15) is 162 Å². The van der Waals surface area contributed by atoms with Gasteiger partial charge in [0.25, 0.3) is 0 Å². The van der Waals surface area contributed by atoms with E-state index in [4.69, 9.17) is 71.6 Å². The van der Waals surface area contributed by atoms with Gasteiger partial charge in [0, 0.05) is 49.6 Å². The Morgan fingerprint density at radius 2 is 1.08 bits per heavy atom. The highest BCUT2D eigenvalue weighted by Crippen LogP contribution is 2.51. The summed E-state index contributed by atoms with van der Waals surface area (Å²) >= 11 is 14.9. The number of aromatic hydroxyl groups is 4. The number of phenols is 4. The van der Waals surface area contributed by atoms with Crippen molar-refractivity contribution < 1.29 is 157 Å². The molecule has 3 fully saturated rings. The van der Waals surface area contributed by atoms with Gasteiger partial charge in [-0.1, -0.05) is 101 Å². The summed E-state index contributed by atoms with van der Waals surface area (Å²) < 4.78 is 58.4. The smallest absolute Gasteiger partial charge is 0.248 e. The molecule has 16 rings (SSSR count). The van der Waals surface area contributed by atoms with E-state index in [1.807, 2.05) is 18.7 Å². The first-order valence-electron chi connectivity index (χ1n) is 45.7. The number of unbranched alkanes of at least 4 members (excludes halogenated alkanes) is 3. The topological polar surface area (TPSA) is 657 Å². The fraction of sp³-hybridized carbons (Fsp3) is 0.463. The number of phenolic OH excluding ortho intramolecular Hbond substituents is 4. The van der Waals surface area contributed by atoms with Crippen molar-refractivity contribution in [1.82, 2.24) is 52.8 Å². The lowest BCUT2D eigenvalue weighted by atomic mass is 9.89. The summed E-state index contributed by atoms with van der Waals surface area (Å²) in [5.41, 5.74) is 3.46. The van der Waals surface area contributed by atoms with Crippen LogP contribution in [0.5, 0.6) is 69.0 Å². The Hall–Kier alpha value is -12.1. The summed E-state index contributed by atoms with van der Waals surface area (Å²) in [6.45, 7) is 7.26. The summed E-state index contributed by atoms with van der Waals surface area (Å²) in [6.07, 6.45) is -25.4. The minimum absolute atomic E-state index is 0.0340. The van der Waals surface area contributed by atoms with Crippen LogP contribution in [0.15, 0.2) is 115 Å². The lowest BCUT2D eigenvalue weighted by Crippen LogP contribution is -2.65. The van der Waals surface area contributed by atoms with Gasteiger partial charge in [-0.15, -0.1) is 0 Å². The molecule has 9 aliphatic rings. The summed E-state index contributed by atoms with van der Waals surface area (Å²) in [5, 5.41) is 184. The lowest BCUT2D eigenvalue weighted by molar-refractivity contribution is -0.284. The highest BCUT2D eigenvalue weighted by atomic mass is 35.5. The third-order valence-electron chi connectivity index (χ3n) is 25.2. The number of fused-ring (bicyclic) bond motifs is 14. The molecular formula is C95H113Cl2N11O32. The lowest BCUT2D eigenvalue weighted by Gasteiger charge is -2.44. The third-order valence-corrected chi connectivity index (χ3v) is 25.8. The second kappa shape index (κ2) is 45.2. The van der Waals surface area contributed by atoms with Crippen LogP contribution >= 0.6 is 23.2 Å². The normalized spacial score (nSPS) is 28.0. The fourth-order valence-corrected chi connectivity index (χ4v) is 18.1. The molecule has 17 bridgehead atoms. The van der Waals surface area contributed by atoms with E-state index in [9.17, 15) is 85.9 Å². The van der Waals surface area contributed by atoms with Crippen molar-refractivity contribution >= 4 is 76.4 Å². The van der Waals surface area contributed by atoms with Gasteiger partial charge in [0.15, 0.2) is 29.3 Å². The van der Waals surface area contributed by atoms with Gasteiger partial charge in [-0.2, -0.15) is 0 Å². The first-order chi connectivity index (χ1) is 66.8. The van der Waals surface area contributed by atoms with Gasteiger partial charge in [-0.05, 0) is 156 Å². The Labute approximate surface area is 810 Å². The van der Waals surface area contributed by atoms with Crippen LogP contribution in [0.25, 0.3) is 11.1 Å². The number of aliphatic hydroxyl groups excluding tert-OH is 10. The number of aliphatic hydroxyl groups is 10. The van der Waals surface area contributed by atoms with Crippen LogP contribution in [-0.2, 0) is 68.5 Å². The standard InChI is InChI=1S/C95H113Cl2N11O32/c1-6-108(7-2)24-12-23-99-88(127)73-52-35-49(114)36-61(135-95-83(124)82(123)79(120)66(39-111)138-95)68(52)51-29-44(17-19-56(51)115)70-89(128)107-76(92(131)106-73)84(139-93-74(100-41(5)112)80(121)77(118)64(37-109)136-93)45-18-22-59(54(97)30-45)134-63-33-47-32-62(85(63)140-94-75(81(122)78(119)65(38-110)137-94)102-67(117)14-11-9-8-10-13-40(3)4)133-58-21-15-42(25-53(58)96)26-55-86(125)103-71(90(129)105-72(47)91(130)104-70)46-27-48(113)34-50(28-46)132-60-31-43(16-20-57(60)116)69(98)87(126)101-55/h15-22,25,27-36,40,55,64-66,69-84,93-95,109-111,113-116,118-124H,6-14,23-24,26,37-39,98H2,1-5H3,(H,99,127)(H,100,112)(H,101,126)(H,102,117)(H,103,125)(H,104,130)(H,105,129)(H,106,131)(H,107,128)/t55-,64+,65+,66-,69-,70-,71+,72-,73+,74+,75+,76+,77-,78-,79-,80-,81-,82-,83+,84-,93+,94+,95+/m1/s1. The molecule has 0 unspecified atom stereocenters. The number of nitrogens with zero attached hydrogens (tertiary/aromatic N) is 1. The van der Waals surface area contributed by atoms with E-state index in [-0.39, 0.29) is 63.9 Å². The van der Waals surface area contributed by atoms with Crippen molar-refractivity contribution in [2.75, 3.05) is 46.0 Å². The first-order valence-corrected chi connectivity index (χ1v) is 46.5. The minimum Gasteiger partial charge on any atom is -0.508 e. The summed E-state index contributed by atoms with van der Waals surface area (Å²) in [6, 6.07) is 2.02. The molecule has 0 aromatic heterocycles. The van der Waals surface area contributed by atoms with Crippen LogP contribution < -0.4 is 77.3 Å². The van der Waals surface area contributed by atoms with Crippen molar-refractivity contribution in [3.63, 3.8) is 0 Å². The molecule has 0 spiro atoms. The zero-order chi connectivity index (χ0) is 101. The highest BCUT2D eigenvalue weighted by molar-refractivity contribution is 6.32. The Morgan fingerprint density at radius 3 is 1.71 bits per heavy atom. The molecule has 7 aromatic rings. The van der Waals surface area contributed by atoms with Gasteiger partial charge >= 0.3 is 0 Å². The average Bonchev–Trinajstić information content (AvgIpc) is 0.755. The number of rotatable bonds is 25. The molecule has 754 valence electrons. The van der Waals surface area contributed by atoms with Crippen molar-refractivity contribution in [2.45, 2.75) is 226 Å². The molecule has 3 saturated heterocycles. The van der Waals surface area contributed by atoms with Crippen LogP contribution in [-0.4, -0.2) is 280 Å². The SMILES string of the molecule is CCN(CC)CCCNC(=O)[C@H]1NC(=O)[C@H]2NC(=O)[C@H](NC(=O)[C@@H]3NC(=O)[C@H]4NC(=O)[C@@H](Cc5ccc(c(Cl)c5)Oc5cc3cc(c5O[C@@H]3O[C@@H](CO)[C@@H](O)[C@H](O)[C@@H]3NC(=O)CCCCCCC(C)C)Oc3ccc(cc3Cl)[C@H]2O[C@@H]2O[C@@H](CO)[C@@H](O)[C@H](O)[C@@H]2NC(C)=O)NC(=O)[C@H](N)c2ccc(O)c(c2)Oc2cc(O)cc4c2)c2ccc(O)c(c2)-c2c(O[C@H]3O[C@H](CO)[C@@H](O)[C@@H](O)[C@@H]3O)cc(O)cc21. The Bertz CT molecular complexity index is 5740. The molecule has 43 nitrogen and oxygen atoms in total. The van der Waals surface area contributed by atoms with E-state index in [2.05, 4.69) is 61.7 Å². The zero-order valence-electron chi connectivity index (χ0n) is 76.3. The molecular weight excluding hydrogens is 1880 g/mol. The van der Waals surface area contributed by atoms with Gasteiger partial charge in [0.05, 0.1) is 29.9 Å². The highest BCUT2D eigenvalue weighted by Gasteiger charge is 2.53. The average molecular weight is 1990 g/mol. The molecule has 7 aromatic carbocycles. The second-order valence-corrected chi connectivity index (χ2v) is 36.3. The molecule has 0 aliphatic carbocycles. The number of carbonyl (C=O) groups is 9. The van der Waals surface area contributed by atoms with E-state index >= 15 is 28.8 Å². The molecule has 45 heteroatoms. The van der Waals surface area contributed by atoms with Gasteiger partial charge in [-0.25, -0.2) is 0 Å². The summed E-state index contributed by atoms with van der Waals surface area (Å²) in [4.78, 5) is 144. The van der Waals surface area contributed by atoms with E-state index < -0.39 is 304 Å². The number of hydrogen-bond acceptors (Lipinski definition) is 34. The van der Waals surface area contributed by atoms with Crippen molar-refractivity contribution in [3.8, 4) is 80.1 Å². The molecule has 9 aliphatic heterocycles. The maximum atomic E-state index is 17.2. The number of amides is 9. The summed E-state index contributed by atoms with van der Waals surface area (Å²) in [7, 11) is 0. The van der Waals surface area contributed by atoms with Crippen LogP contribution in [0.2, 0.25) is 10.0 Å². The Balaban J connectivity index is 1.04. The number of nitrogens with one attached hydrogen (secondary N) is 9. The molecule has 0 radical (unpaired) electrons. The predicted octanol–water partition coefficient (Wildman–Crippen LogP) is 1.78. The van der Waals surface area contributed by atoms with Crippen LogP contribution in [0.1, 0.15) is 155 Å². The zero-order valence-corrected chi connectivity index (χ0v) is 77.8. The number of ether oxygens (including phenoxy) is 9. The summed E-state index contributed by atoms with van der Waals surface area (Å²) in [5.74, 6) is -17.5. The first kappa shape index (κ1) is 104. The van der Waals surface area contributed by atoms with Gasteiger partial charge in [-0.3, -0.25) is 43.2 Å². The number of carbonyl (C=O) groups excluding carboxylic acids is 9. The van der Waals surface area contributed by atoms with Gasteiger partial charge in [0.2, 0.25) is 71.5 Å². The van der Waals surface area contributed by atoms with Crippen molar-refractivity contribution in [3.05, 3.63) is 164 Å². The van der Waals surface area contributed by atoms with Gasteiger partial charge < -0.3 is 173 Å². The largest absolute Gasteiger partial charge is 0.508 e. The molecule has 0 saturated carbocycles. The number of nitrogens with two attached hydrogens (primary N) is 1. The Morgan fingerprint density at radius 1 is 0.514 bits per heavy atom. The Kier molecular flexibility index (Phi) is 33.5. The van der Waals surface area contributed by atoms with Crippen LogP contribution in [0.4, 0.5) is 0 Å². The molecule has 140 heavy (non-hydrogen) atoms. The maximum absolute atomic E-state index is 17.2. The maximum Gasteiger partial charge on any atom is 0.248 e. The molecule has 9 heterocycles. The van der Waals surface area contributed by atoms with Crippen LogP contribution in [0, 0.1) is 5.92 Å².